The second-order valence-corrected chi connectivity index (χ2v) is 12.1. The van der Waals surface area contributed by atoms with E-state index in [2.05, 4.69) is 18.8 Å². The first kappa shape index (κ1) is 41.3. The molecule has 4 nitrogen and oxygen atoms in total. The van der Waals surface area contributed by atoms with E-state index in [1.165, 1.54) is 122 Å². The molecule has 0 amide bonds. The molecule has 0 spiro atoms. The van der Waals surface area contributed by atoms with Crippen molar-refractivity contribution in [3.8, 4) is 0 Å². The van der Waals surface area contributed by atoms with Crippen molar-refractivity contribution in [2.75, 3.05) is 12.3 Å². The van der Waals surface area contributed by atoms with Gasteiger partial charge in [0.05, 0.1) is 6.54 Å². The van der Waals surface area contributed by atoms with Gasteiger partial charge in [-0.15, -0.1) is 0 Å². The van der Waals surface area contributed by atoms with Crippen LogP contribution in [-0.2, 0) is 16.0 Å². The van der Waals surface area contributed by atoms with Gasteiger partial charge in [0.25, 0.3) is 0 Å². The topological polar surface area (TPSA) is 72.5 Å². The van der Waals surface area contributed by atoms with Crippen LogP contribution in [0.2, 0.25) is 0 Å². The monoisotopic (exact) mass is 607 g/mol. The quantitative estimate of drug-likeness (QED) is 0.0529. The molecule has 0 aliphatic carbocycles. The molecule has 0 radical (unpaired) electrons. The van der Waals surface area contributed by atoms with Crippen molar-refractivity contribution in [3.63, 3.8) is 0 Å². The molecule has 0 saturated heterocycles. The summed E-state index contributed by atoms with van der Waals surface area (Å²) in [5.74, 6) is 0.391. The van der Waals surface area contributed by atoms with Crippen LogP contribution in [0, 0.1) is 0 Å². The number of nitrogens with zero attached hydrogens (tertiary/aromatic N) is 1. The van der Waals surface area contributed by atoms with Crippen molar-refractivity contribution in [1.29, 1.82) is 0 Å². The third kappa shape index (κ3) is 32.2. The zero-order valence-electron chi connectivity index (χ0n) is 28.6. The Morgan fingerprint density at radius 3 is 1.34 bits per heavy atom. The van der Waals surface area contributed by atoms with Crippen LogP contribution >= 0.6 is 0 Å². The summed E-state index contributed by atoms with van der Waals surface area (Å²) < 4.78 is 0. The van der Waals surface area contributed by atoms with Crippen molar-refractivity contribution in [3.05, 3.63) is 66.2 Å². The molecular formula is C40H66N2O2. The number of Topliss-reactive ketones (excluding diaryl/α,β-unsaturated/α-hetero) is 1. The van der Waals surface area contributed by atoms with Crippen molar-refractivity contribution in [2.24, 2.45) is 4.99 Å². The Labute approximate surface area is 271 Å². The van der Waals surface area contributed by atoms with Crippen LogP contribution in [0.3, 0.4) is 0 Å². The minimum Gasteiger partial charge on any atom is -0.399 e. The number of para-hydroxylation sites is 1. The molecule has 2 rings (SSSR count). The lowest BCUT2D eigenvalue weighted by Crippen LogP contribution is -2.02. The number of unbranched alkanes of at least 4 members (excludes halogenated alkanes) is 19. The van der Waals surface area contributed by atoms with Crippen molar-refractivity contribution < 1.29 is 9.59 Å². The SMILES string of the molecule is CCCCCCCCCCCCCC(=O)Cc1ccccc1.CCCCCCCCCCCCN=C=O.Nc1ccccc1. The molecular weight excluding hydrogens is 540 g/mol. The summed E-state index contributed by atoms with van der Waals surface area (Å²) >= 11 is 0. The summed E-state index contributed by atoms with van der Waals surface area (Å²) in [5.41, 5.74) is 7.33. The van der Waals surface area contributed by atoms with Gasteiger partial charge in [0.1, 0.15) is 5.78 Å². The maximum Gasteiger partial charge on any atom is 0.234 e. The number of nitrogens with two attached hydrogens (primary N) is 1. The first-order valence-corrected chi connectivity index (χ1v) is 18.0. The molecule has 0 aliphatic rings. The van der Waals surface area contributed by atoms with Gasteiger partial charge in [0, 0.05) is 18.5 Å². The molecule has 0 bridgehead atoms. The third-order valence-corrected chi connectivity index (χ3v) is 7.79. The van der Waals surface area contributed by atoms with E-state index < -0.39 is 0 Å². The largest absolute Gasteiger partial charge is 0.399 e. The lowest BCUT2D eigenvalue weighted by Gasteiger charge is -2.03. The Morgan fingerprint density at radius 1 is 0.568 bits per heavy atom. The van der Waals surface area contributed by atoms with E-state index in [1.807, 2.05) is 60.7 Å². The smallest absolute Gasteiger partial charge is 0.234 e. The Bertz CT molecular complexity index is 894. The first-order chi connectivity index (χ1) is 21.6. The van der Waals surface area contributed by atoms with Crippen LogP contribution in [0.1, 0.15) is 161 Å². The zero-order valence-corrected chi connectivity index (χ0v) is 28.6. The summed E-state index contributed by atoms with van der Waals surface area (Å²) in [6, 6.07) is 19.6. The fourth-order valence-electron chi connectivity index (χ4n) is 5.08. The Hall–Kier alpha value is -2.71. The number of aliphatic imine (C=N–C) groups is 1. The molecule has 0 saturated carbocycles. The molecule has 2 aromatic carbocycles. The van der Waals surface area contributed by atoms with Gasteiger partial charge in [0.2, 0.25) is 6.08 Å². The molecule has 4 heteroatoms. The lowest BCUT2D eigenvalue weighted by atomic mass is 10.0. The number of rotatable bonds is 25. The van der Waals surface area contributed by atoms with Crippen LogP contribution in [-0.4, -0.2) is 18.4 Å². The number of anilines is 1. The van der Waals surface area contributed by atoms with Gasteiger partial charge in [-0.25, -0.2) is 9.79 Å². The van der Waals surface area contributed by atoms with E-state index in [4.69, 9.17) is 5.73 Å². The normalized spacial score (nSPS) is 10.1. The average Bonchev–Trinajstić information content (AvgIpc) is 3.04. The lowest BCUT2D eigenvalue weighted by molar-refractivity contribution is -0.118. The molecule has 0 fully saturated rings. The predicted octanol–water partition coefficient (Wildman–Crippen LogP) is 12.0. The van der Waals surface area contributed by atoms with Crippen LogP contribution in [0.25, 0.3) is 0 Å². The maximum absolute atomic E-state index is 11.9. The summed E-state index contributed by atoms with van der Waals surface area (Å²) in [6.07, 6.45) is 30.8. The molecule has 0 heterocycles. The number of benzene rings is 2. The van der Waals surface area contributed by atoms with E-state index in [0.29, 0.717) is 18.7 Å². The number of isocyanates is 1. The van der Waals surface area contributed by atoms with Crippen molar-refractivity contribution >= 4 is 17.6 Å². The zero-order chi connectivity index (χ0) is 32.2. The van der Waals surface area contributed by atoms with Crippen LogP contribution < -0.4 is 5.73 Å². The summed E-state index contributed by atoms with van der Waals surface area (Å²) in [5, 5.41) is 0. The second kappa shape index (κ2) is 34.8. The maximum atomic E-state index is 11.9. The van der Waals surface area contributed by atoms with Gasteiger partial charge in [-0.05, 0) is 30.5 Å². The Kier molecular flexibility index (Phi) is 32.6. The third-order valence-electron chi connectivity index (χ3n) is 7.79. The van der Waals surface area contributed by atoms with Crippen molar-refractivity contribution in [1.82, 2.24) is 0 Å². The number of ketones is 1. The predicted molar refractivity (Wildman–Crippen MR) is 192 cm³/mol. The highest BCUT2D eigenvalue weighted by molar-refractivity contribution is 5.80. The number of hydrogen-bond donors (Lipinski definition) is 1. The standard InChI is InChI=1S/C21H34O.C13H25NO.C6H7N/c1-2-3-4-5-6-7-8-9-10-11-15-18-21(22)19-20-16-13-12-14-17-20;1-2-3-4-5-6-7-8-9-10-11-12-14-13-15;7-6-4-2-1-3-5-6/h12-14,16-17H,2-11,15,18-19H2,1H3;2-12H2,1H3;1-5H,7H2. The summed E-state index contributed by atoms with van der Waals surface area (Å²) in [6.45, 7) is 5.19. The molecule has 44 heavy (non-hydrogen) atoms. The second-order valence-electron chi connectivity index (χ2n) is 12.1. The number of carbonyl (C=O) groups excluding carboxylic acids is 2. The molecule has 2 aromatic rings. The van der Waals surface area contributed by atoms with E-state index >= 15 is 0 Å². The van der Waals surface area contributed by atoms with Gasteiger partial charge in [-0.2, -0.15) is 0 Å². The number of nitrogen functional groups attached to an aromatic ring is 1. The summed E-state index contributed by atoms with van der Waals surface area (Å²) in [4.78, 5) is 25.2. The molecule has 0 atom stereocenters. The van der Waals surface area contributed by atoms with E-state index in [-0.39, 0.29) is 0 Å². The molecule has 0 unspecified atom stereocenters. The molecule has 0 aliphatic heterocycles. The first-order valence-electron chi connectivity index (χ1n) is 18.0. The molecule has 248 valence electrons. The van der Waals surface area contributed by atoms with Gasteiger partial charge in [-0.1, -0.05) is 184 Å². The highest BCUT2D eigenvalue weighted by Crippen LogP contribution is 2.13. The number of carbonyl (C=O) groups is 1. The highest BCUT2D eigenvalue weighted by Gasteiger charge is 2.03. The van der Waals surface area contributed by atoms with Crippen molar-refractivity contribution in [2.45, 2.75) is 162 Å². The van der Waals surface area contributed by atoms with Gasteiger partial charge < -0.3 is 5.73 Å². The fraction of sp³-hybridized carbons (Fsp3) is 0.650. The number of hydrogen-bond acceptors (Lipinski definition) is 4. The van der Waals surface area contributed by atoms with E-state index in [9.17, 15) is 9.59 Å². The Balaban J connectivity index is 0.000000719. The molecule has 2 N–H and O–H groups in total. The minimum atomic E-state index is 0.391. The highest BCUT2D eigenvalue weighted by atomic mass is 16.1. The summed E-state index contributed by atoms with van der Waals surface area (Å²) in [7, 11) is 0. The van der Waals surface area contributed by atoms with Gasteiger partial charge in [-0.3, -0.25) is 4.79 Å². The minimum absolute atomic E-state index is 0.391. The van der Waals surface area contributed by atoms with Crippen LogP contribution in [0.5, 0.6) is 0 Å². The van der Waals surface area contributed by atoms with Gasteiger partial charge >= 0.3 is 0 Å². The van der Waals surface area contributed by atoms with E-state index in [1.54, 1.807) is 6.08 Å². The van der Waals surface area contributed by atoms with Crippen LogP contribution in [0.4, 0.5) is 5.69 Å². The average molecular weight is 607 g/mol. The Morgan fingerprint density at radius 2 is 0.955 bits per heavy atom. The van der Waals surface area contributed by atoms with E-state index in [0.717, 1.165) is 30.5 Å². The fourth-order valence-corrected chi connectivity index (χ4v) is 5.08. The van der Waals surface area contributed by atoms with Gasteiger partial charge in [0.15, 0.2) is 0 Å². The molecule has 0 aromatic heterocycles. The van der Waals surface area contributed by atoms with Crippen LogP contribution in [0.15, 0.2) is 65.7 Å².